The predicted octanol–water partition coefficient (Wildman–Crippen LogP) is 4.16. The molecule has 1 unspecified atom stereocenters. The number of anilines is 2. The highest BCUT2D eigenvalue weighted by molar-refractivity contribution is 5.94. The Morgan fingerprint density at radius 3 is 2.67 bits per heavy atom. The second-order valence-corrected chi connectivity index (χ2v) is 10.2. The normalized spacial score (nSPS) is 17.9. The monoisotopic (exact) mass is 555 g/mol. The van der Waals surface area contributed by atoms with E-state index in [4.69, 9.17) is 0 Å². The quantitative estimate of drug-likeness (QED) is 0.386. The maximum Gasteiger partial charge on any atom is 0.389 e. The van der Waals surface area contributed by atoms with Crippen LogP contribution in [-0.4, -0.2) is 70.2 Å². The van der Waals surface area contributed by atoms with Gasteiger partial charge in [0.1, 0.15) is 0 Å². The fourth-order valence-corrected chi connectivity index (χ4v) is 5.03. The number of piperidine rings is 1. The Labute approximate surface area is 229 Å². The van der Waals surface area contributed by atoms with Crippen molar-refractivity contribution in [1.29, 1.82) is 0 Å². The van der Waals surface area contributed by atoms with Gasteiger partial charge in [-0.05, 0) is 80.2 Å². The third-order valence-electron chi connectivity index (χ3n) is 7.25. The summed E-state index contributed by atoms with van der Waals surface area (Å²) in [6, 6.07) is 10.9. The number of carbonyl (C=O) groups is 2. The van der Waals surface area contributed by atoms with E-state index in [1.54, 1.807) is 35.0 Å². The van der Waals surface area contributed by atoms with Crippen LogP contribution < -0.4 is 16.0 Å². The first-order chi connectivity index (χ1) is 19.2. The molecule has 2 aromatic heterocycles. The van der Waals surface area contributed by atoms with Crippen molar-refractivity contribution in [3.8, 4) is 0 Å². The summed E-state index contributed by atoms with van der Waals surface area (Å²) < 4.78 is 39.1. The third-order valence-corrected chi connectivity index (χ3v) is 7.25. The molecule has 212 valence electrons. The van der Waals surface area contributed by atoms with Gasteiger partial charge < -0.3 is 20.9 Å². The molecule has 1 fully saturated rings. The number of rotatable bonds is 8. The molecule has 40 heavy (non-hydrogen) atoms. The second kappa shape index (κ2) is 12.1. The number of alkyl halides is 3. The molecule has 0 aliphatic carbocycles. The average Bonchev–Trinajstić information content (AvgIpc) is 3.38. The molecule has 2 aliphatic heterocycles. The summed E-state index contributed by atoms with van der Waals surface area (Å²) in [5, 5.41) is 14.0. The first-order valence-corrected chi connectivity index (χ1v) is 13.5. The number of carbonyl (C=O) groups excluding carboxylic acids is 2. The highest BCUT2D eigenvalue weighted by Gasteiger charge is 2.29. The Kier molecular flexibility index (Phi) is 8.34. The fourth-order valence-electron chi connectivity index (χ4n) is 5.03. The minimum absolute atomic E-state index is 0.103. The minimum atomic E-state index is -4.34. The molecule has 1 atom stereocenters. The zero-order chi connectivity index (χ0) is 28.1. The maximum atomic E-state index is 12.5. The molecule has 9 nitrogen and oxygen atoms in total. The van der Waals surface area contributed by atoms with Gasteiger partial charge in [0.15, 0.2) is 5.65 Å². The molecular formula is C28H32F3N7O2. The zero-order valence-electron chi connectivity index (χ0n) is 22.0. The molecule has 0 spiro atoms. The Hall–Kier alpha value is -3.93. The van der Waals surface area contributed by atoms with E-state index in [0.717, 1.165) is 42.8 Å². The SMILES string of the molecule is O=C(NCC1CCCNC1)c1ccc(Nc2nc3c(C4=CCN(C(=O)CCC(F)(F)F)CC4)cccn3n2)cc1. The highest BCUT2D eigenvalue weighted by atomic mass is 19.4. The van der Waals surface area contributed by atoms with Crippen LogP contribution >= 0.6 is 0 Å². The van der Waals surface area contributed by atoms with Crippen LogP contribution in [0.25, 0.3) is 11.2 Å². The van der Waals surface area contributed by atoms with Gasteiger partial charge >= 0.3 is 6.18 Å². The van der Waals surface area contributed by atoms with Gasteiger partial charge in [0.05, 0.1) is 6.42 Å². The lowest BCUT2D eigenvalue weighted by molar-refractivity contribution is -0.148. The molecule has 2 aliphatic rings. The van der Waals surface area contributed by atoms with Crippen molar-refractivity contribution >= 4 is 34.7 Å². The van der Waals surface area contributed by atoms with Crippen LogP contribution in [0.5, 0.6) is 0 Å². The lowest BCUT2D eigenvalue weighted by Gasteiger charge is -2.27. The standard InChI is InChI=1S/C28H32F3N7O2/c29-28(30,31)12-9-24(39)37-15-10-20(11-16-37)23-4-2-14-38-25(23)35-27(36-38)34-22-7-5-21(6-8-22)26(40)33-18-19-3-1-13-32-17-19/h2,4-8,10,14,19,32H,1,3,9,11-13,15-18H2,(H,33,40)(H,34,36). The van der Waals surface area contributed by atoms with Crippen molar-refractivity contribution in [3.05, 3.63) is 59.8 Å². The van der Waals surface area contributed by atoms with Crippen LogP contribution in [-0.2, 0) is 4.79 Å². The number of nitrogens with one attached hydrogen (secondary N) is 3. The van der Waals surface area contributed by atoms with Crippen LogP contribution in [0.1, 0.15) is 48.0 Å². The van der Waals surface area contributed by atoms with Gasteiger partial charge in [-0.1, -0.05) is 6.08 Å². The summed E-state index contributed by atoms with van der Waals surface area (Å²) in [4.78, 5) is 30.8. The lowest BCUT2D eigenvalue weighted by Crippen LogP contribution is -2.38. The number of fused-ring (bicyclic) bond motifs is 1. The van der Waals surface area contributed by atoms with Gasteiger partial charge in [-0.2, -0.15) is 18.2 Å². The van der Waals surface area contributed by atoms with Gasteiger partial charge in [0, 0.05) is 49.1 Å². The molecule has 3 aromatic rings. The molecular weight excluding hydrogens is 523 g/mol. The number of benzene rings is 1. The Morgan fingerprint density at radius 2 is 1.98 bits per heavy atom. The number of amides is 2. The second-order valence-electron chi connectivity index (χ2n) is 10.2. The summed E-state index contributed by atoms with van der Waals surface area (Å²) >= 11 is 0. The zero-order valence-corrected chi connectivity index (χ0v) is 22.0. The molecule has 1 aromatic carbocycles. The van der Waals surface area contributed by atoms with Crippen molar-refractivity contribution in [3.63, 3.8) is 0 Å². The maximum absolute atomic E-state index is 12.5. The highest BCUT2D eigenvalue weighted by Crippen LogP contribution is 2.28. The van der Waals surface area contributed by atoms with Crippen LogP contribution in [0, 0.1) is 5.92 Å². The number of hydrogen-bond acceptors (Lipinski definition) is 6. The van der Waals surface area contributed by atoms with Crippen molar-refractivity contribution in [2.24, 2.45) is 5.92 Å². The van der Waals surface area contributed by atoms with E-state index >= 15 is 0 Å². The van der Waals surface area contributed by atoms with Crippen LogP contribution in [0.15, 0.2) is 48.7 Å². The van der Waals surface area contributed by atoms with E-state index in [1.807, 2.05) is 18.2 Å². The van der Waals surface area contributed by atoms with Gasteiger partial charge in [-0.15, -0.1) is 5.10 Å². The summed E-state index contributed by atoms with van der Waals surface area (Å²) in [5.74, 6) is 0.243. The van der Waals surface area contributed by atoms with E-state index in [1.165, 1.54) is 4.90 Å². The molecule has 5 rings (SSSR count). The number of nitrogens with zero attached hydrogens (tertiary/aromatic N) is 4. The topological polar surface area (TPSA) is 104 Å². The summed E-state index contributed by atoms with van der Waals surface area (Å²) in [5.41, 5.74) is 3.75. The van der Waals surface area contributed by atoms with Crippen LogP contribution in [0.3, 0.4) is 0 Å². The lowest BCUT2D eigenvalue weighted by atomic mass is 9.99. The van der Waals surface area contributed by atoms with Gasteiger partial charge in [-0.25, -0.2) is 4.52 Å². The predicted molar refractivity (Wildman–Crippen MR) is 145 cm³/mol. The smallest absolute Gasteiger partial charge is 0.352 e. The summed E-state index contributed by atoms with van der Waals surface area (Å²) in [7, 11) is 0. The number of pyridine rings is 1. The van der Waals surface area contributed by atoms with Crippen molar-refractivity contribution < 1.29 is 22.8 Å². The summed E-state index contributed by atoms with van der Waals surface area (Å²) in [6.07, 6.45) is 0.407. The average molecular weight is 556 g/mol. The van der Waals surface area contributed by atoms with Crippen molar-refractivity contribution in [2.45, 2.75) is 38.3 Å². The van der Waals surface area contributed by atoms with Gasteiger partial charge in [0.2, 0.25) is 11.9 Å². The van der Waals surface area contributed by atoms with Crippen molar-refractivity contribution in [1.82, 2.24) is 30.1 Å². The Bertz CT molecular complexity index is 1380. The molecule has 12 heteroatoms. The number of aromatic nitrogens is 3. The van der Waals surface area contributed by atoms with Crippen molar-refractivity contribution in [2.75, 3.05) is 38.0 Å². The Morgan fingerprint density at radius 1 is 1.15 bits per heavy atom. The van der Waals surface area contributed by atoms with Gasteiger partial charge in [0.25, 0.3) is 5.91 Å². The van der Waals surface area contributed by atoms with Gasteiger partial charge in [-0.3, -0.25) is 9.59 Å². The molecule has 2 amide bonds. The first kappa shape index (κ1) is 27.6. The van der Waals surface area contributed by atoms with Crippen LogP contribution in [0.4, 0.5) is 24.8 Å². The first-order valence-electron chi connectivity index (χ1n) is 13.5. The molecule has 1 saturated heterocycles. The number of hydrogen-bond donors (Lipinski definition) is 3. The largest absolute Gasteiger partial charge is 0.389 e. The number of halogens is 3. The molecule has 0 saturated carbocycles. The fraction of sp³-hybridized carbons (Fsp3) is 0.429. The summed E-state index contributed by atoms with van der Waals surface area (Å²) in [6.45, 7) is 3.22. The third kappa shape index (κ3) is 6.98. The molecule has 3 N–H and O–H groups in total. The Balaban J connectivity index is 1.20. The van der Waals surface area contributed by atoms with E-state index in [0.29, 0.717) is 42.6 Å². The van der Waals surface area contributed by atoms with E-state index in [-0.39, 0.29) is 12.5 Å². The molecule has 4 heterocycles. The van der Waals surface area contributed by atoms with E-state index in [2.05, 4.69) is 26.0 Å². The van der Waals surface area contributed by atoms with E-state index < -0.39 is 24.9 Å². The van der Waals surface area contributed by atoms with Crippen LogP contribution in [0.2, 0.25) is 0 Å². The molecule has 0 radical (unpaired) electrons. The molecule has 0 bridgehead atoms. The minimum Gasteiger partial charge on any atom is -0.352 e. The van der Waals surface area contributed by atoms with E-state index in [9.17, 15) is 22.8 Å².